The third-order valence-electron chi connectivity index (χ3n) is 4.39. The first-order valence-corrected chi connectivity index (χ1v) is 8.84. The topological polar surface area (TPSA) is 54.0 Å². The number of hydrogen-bond donors (Lipinski definition) is 1. The zero-order valence-electron chi connectivity index (χ0n) is 14.6. The minimum atomic E-state index is -0.0851. The molecule has 0 atom stereocenters. The molecule has 0 bridgehead atoms. The molecule has 1 aromatic carbocycles. The van der Waals surface area contributed by atoms with Crippen molar-refractivity contribution in [3.05, 3.63) is 35.0 Å². The van der Waals surface area contributed by atoms with E-state index in [1.807, 2.05) is 25.1 Å². The molecule has 0 spiro atoms. The number of thiocarbonyl (C=S) groups is 1. The molecule has 6 nitrogen and oxygen atoms in total. The highest BCUT2D eigenvalue weighted by Crippen LogP contribution is 2.24. The summed E-state index contributed by atoms with van der Waals surface area (Å²) in [5.41, 5.74) is 2.55. The molecule has 7 heteroatoms. The SMILES string of the molecule is CCN1C(=O)C(=Cc2ccc(OC)c(CN3CCOCC3)c2)NC1=S. The first kappa shape index (κ1) is 17.8. The number of carbonyl (C=O) groups is 1. The minimum absolute atomic E-state index is 0.0851. The fraction of sp³-hybridized carbons (Fsp3) is 0.444. The standard InChI is InChI=1S/C18H23N3O3S/c1-3-21-17(22)15(19-18(21)25)11-13-4-5-16(23-2)14(10-13)12-20-6-8-24-9-7-20/h4-5,10-11H,3,6-9,12H2,1-2H3,(H,19,25). The van der Waals surface area contributed by atoms with E-state index in [9.17, 15) is 4.79 Å². The summed E-state index contributed by atoms with van der Waals surface area (Å²) >= 11 is 5.20. The summed E-state index contributed by atoms with van der Waals surface area (Å²) in [5.74, 6) is 0.767. The van der Waals surface area contributed by atoms with Gasteiger partial charge in [0.25, 0.3) is 5.91 Å². The molecule has 2 aliphatic heterocycles. The van der Waals surface area contributed by atoms with Crippen LogP contribution in [0.15, 0.2) is 23.9 Å². The lowest BCUT2D eigenvalue weighted by Gasteiger charge is -2.27. The number of nitrogens with one attached hydrogen (secondary N) is 1. The highest BCUT2D eigenvalue weighted by Gasteiger charge is 2.29. The number of methoxy groups -OCH3 is 1. The molecule has 0 saturated carbocycles. The zero-order valence-corrected chi connectivity index (χ0v) is 15.4. The molecule has 3 rings (SSSR count). The number of carbonyl (C=O) groups excluding carboxylic acids is 1. The van der Waals surface area contributed by atoms with Gasteiger partial charge in [-0.1, -0.05) is 6.07 Å². The summed E-state index contributed by atoms with van der Waals surface area (Å²) in [7, 11) is 1.68. The van der Waals surface area contributed by atoms with Crippen LogP contribution in [0.3, 0.4) is 0 Å². The van der Waals surface area contributed by atoms with Gasteiger partial charge in [-0.25, -0.2) is 0 Å². The van der Waals surface area contributed by atoms with Crippen molar-refractivity contribution in [2.24, 2.45) is 0 Å². The number of rotatable bonds is 5. The first-order valence-electron chi connectivity index (χ1n) is 8.44. The average molecular weight is 361 g/mol. The van der Waals surface area contributed by atoms with Crippen LogP contribution in [0, 0.1) is 0 Å². The Morgan fingerprint density at radius 1 is 1.36 bits per heavy atom. The van der Waals surface area contributed by atoms with E-state index in [1.165, 1.54) is 0 Å². The zero-order chi connectivity index (χ0) is 17.8. The van der Waals surface area contributed by atoms with Crippen LogP contribution >= 0.6 is 12.2 Å². The smallest absolute Gasteiger partial charge is 0.276 e. The Balaban J connectivity index is 1.82. The number of ether oxygens (including phenoxy) is 2. The number of nitrogens with zero attached hydrogens (tertiary/aromatic N) is 2. The summed E-state index contributed by atoms with van der Waals surface area (Å²) in [6, 6.07) is 5.95. The number of hydrogen-bond acceptors (Lipinski definition) is 5. The maximum absolute atomic E-state index is 12.3. The molecule has 0 aromatic heterocycles. The lowest BCUT2D eigenvalue weighted by molar-refractivity contribution is -0.122. The van der Waals surface area contributed by atoms with E-state index in [-0.39, 0.29) is 5.91 Å². The fourth-order valence-corrected chi connectivity index (χ4v) is 3.36. The number of benzene rings is 1. The van der Waals surface area contributed by atoms with Crippen molar-refractivity contribution in [3.8, 4) is 5.75 Å². The van der Waals surface area contributed by atoms with E-state index in [0.29, 0.717) is 17.4 Å². The van der Waals surface area contributed by atoms with Crippen molar-refractivity contribution in [1.29, 1.82) is 0 Å². The van der Waals surface area contributed by atoms with Gasteiger partial charge in [-0.2, -0.15) is 0 Å². The molecular formula is C18H23N3O3S. The van der Waals surface area contributed by atoms with Gasteiger partial charge < -0.3 is 14.8 Å². The second-order valence-corrected chi connectivity index (χ2v) is 6.38. The molecule has 0 unspecified atom stereocenters. The Hall–Kier alpha value is -1.96. The molecule has 1 amide bonds. The molecule has 2 aliphatic rings. The van der Waals surface area contributed by atoms with Gasteiger partial charge in [0, 0.05) is 31.7 Å². The molecule has 0 aliphatic carbocycles. The summed E-state index contributed by atoms with van der Waals surface area (Å²) in [5, 5.41) is 3.45. The van der Waals surface area contributed by atoms with Gasteiger partial charge in [-0.3, -0.25) is 14.6 Å². The fourth-order valence-electron chi connectivity index (χ4n) is 3.04. The molecule has 2 heterocycles. The second kappa shape index (κ2) is 7.95. The van der Waals surface area contributed by atoms with Gasteiger partial charge in [-0.05, 0) is 42.9 Å². The third kappa shape index (κ3) is 4.00. The van der Waals surface area contributed by atoms with Crippen molar-refractivity contribution in [2.75, 3.05) is 40.0 Å². The highest BCUT2D eigenvalue weighted by molar-refractivity contribution is 7.80. The summed E-state index contributed by atoms with van der Waals surface area (Å²) in [6.45, 7) is 6.60. The van der Waals surface area contributed by atoms with Crippen LogP contribution in [0.4, 0.5) is 0 Å². The maximum Gasteiger partial charge on any atom is 0.276 e. The van der Waals surface area contributed by atoms with Gasteiger partial charge in [0.15, 0.2) is 5.11 Å². The van der Waals surface area contributed by atoms with Crippen LogP contribution < -0.4 is 10.1 Å². The number of morpholine rings is 1. The summed E-state index contributed by atoms with van der Waals surface area (Å²) < 4.78 is 10.9. The second-order valence-electron chi connectivity index (χ2n) is 6.00. The van der Waals surface area contributed by atoms with E-state index >= 15 is 0 Å². The van der Waals surface area contributed by atoms with E-state index in [2.05, 4.69) is 16.3 Å². The Labute approximate surface area is 153 Å². The lowest BCUT2D eigenvalue weighted by Crippen LogP contribution is -2.35. The first-order chi connectivity index (χ1) is 12.1. The molecule has 0 radical (unpaired) electrons. The Bertz CT molecular complexity index is 699. The van der Waals surface area contributed by atoms with Crippen molar-refractivity contribution >= 4 is 29.3 Å². The average Bonchev–Trinajstić information content (AvgIpc) is 2.89. The van der Waals surface area contributed by atoms with Gasteiger partial charge in [0.2, 0.25) is 0 Å². The van der Waals surface area contributed by atoms with E-state index < -0.39 is 0 Å². The Kier molecular flexibility index (Phi) is 5.67. The van der Waals surface area contributed by atoms with Crippen molar-refractivity contribution in [3.63, 3.8) is 0 Å². The summed E-state index contributed by atoms with van der Waals surface area (Å²) in [6.07, 6.45) is 1.84. The van der Waals surface area contributed by atoms with Crippen molar-refractivity contribution < 1.29 is 14.3 Å². The lowest BCUT2D eigenvalue weighted by atomic mass is 10.1. The predicted octanol–water partition coefficient (Wildman–Crippen LogP) is 1.60. The van der Waals surface area contributed by atoms with E-state index in [4.69, 9.17) is 21.7 Å². The predicted molar refractivity (Wildman–Crippen MR) is 100 cm³/mol. The Morgan fingerprint density at radius 2 is 2.12 bits per heavy atom. The molecule has 2 saturated heterocycles. The Morgan fingerprint density at radius 3 is 2.76 bits per heavy atom. The molecule has 134 valence electrons. The van der Waals surface area contributed by atoms with Gasteiger partial charge in [-0.15, -0.1) is 0 Å². The molecular weight excluding hydrogens is 338 g/mol. The van der Waals surface area contributed by atoms with Crippen LogP contribution in [0.5, 0.6) is 5.75 Å². The third-order valence-corrected chi connectivity index (χ3v) is 4.71. The maximum atomic E-state index is 12.3. The summed E-state index contributed by atoms with van der Waals surface area (Å²) in [4.78, 5) is 16.2. The van der Waals surface area contributed by atoms with Crippen LogP contribution in [-0.2, 0) is 16.1 Å². The largest absolute Gasteiger partial charge is 0.496 e. The monoisotopic (exact) mass is 361 g/mol. The minimum Gasteiger partial charge on any atom is -0.496 e. The molecule has 1 N–H and O–H groups in total. The van der Waals surface area contributed by atoms with Crippen LogP contribution in [0.25, 0.3) is 6.08 Å². The van der Waals surface area contributed by atoms with E-state index in [1.54, 1.807) is 12.0 Å². The van der Waals surface area contributed by atoms with Crippen LogP contribution in [0.1, 0.15) is 18.1 Å². The van der Waals surface area contributed by atoms with Crippen molar-refractivity contribution in [1.82, 2.24) is 15.1 Å². The van der Waals surface area contributed by atoms with Crippen LogP contribution in [0.2, 0.25) is 0 Å². The molecule has 1 aromatic rings. The number of likely N-dealkylation sites (N-methyl/N-ethyl adjacent to an activating group) is 1. The van der Waals surface area contributed by atoms with Crippen molar-refractivity contribution in [2.45, 2.75) is 13.5 Å². The van der Waals surface area contributed by atoms with E-state index in [0.717, 1.165) is 49.7 Å². The van der Waals surface area contributed by atoms with Crippen LogP contribution in [-0.4, -0.2) is 60.8 Å². The highest BCUT2D eigenvalue weighted by atomic mass is 32.1. The quantitative estimate of drug-likeness (QED) is 0.635. The number of amides is 1. The van der Waals surface area contributed by atoms with Gasteiger partial charge in [0.05, 0.1) is 20.3 Å². The molecule has 25 heavy (non-hydrogen) atoms. The van der Waals surface area contributed by atoms with Gasteiger partial charge in [0.1, 0.15) is 11.4 Å². The van der Waals surface area contributed by atoms with Gasteiger partial charge >= 0.3 is 0 Å². The normalized spacial score (nSPS) is 20.2. The molecule has 2 fully saturated rings.